The van der Waals surface area contributed by atoms with E-state index in [0.29, 0.717) is 6.42 Å². The molecule has 0 aromatic carbocycles. The van der Waals surface area contributed by atoms with Crippen molar-refractivity contribution >= 4 is 5.91 Å². The van der Waals surface area contributed by atoms with Crippen LogP contribution in [0.25, 0.3) is 0 Å². The minimum atomic E-state index is -0.0536. The Kier molecular flexibility index (Phi) is 4.90. The lowest BCUT2D eigenvalue weighted by atomic mass is 10.2. The number of rotatable bonds is 6. The lowest BCUT2D eigenvalue weighted by Gasteiger charge is -2.11. The molecule has 0 saturated carbocycles. The predicted molar refractivity (Wildman–Crippen MR) is 58.4 cm³/mol. The van der Waals surface area contributed by atoms with Gasteiger partial charge in [-0.3, -0.25) is 4.79 Å². The molecular formula is C11H18N2O2. The van der Waals surface area contributed by atoms with Gasteiger partial charge in [-0.05, 0) is 39.1 Å². The van der Waals surface area contributed by atoms with Crippen molar-refractivity contribution in [3.8, 4) is 0 Å². The highest BCUT2D eigenvalue weighted by Gasteiger charge is 2.10. The van der Waals surface area contributed by atoms with E-state index in [1.54, 1.807) is 6.26 Å². The maximum atomic E-state index is 11.4. The van der Waals surface area contributed by atoms with Crippen LogP contribution >= 0.6 is 0 Å². The summed E-state index contributed by atoms with van der Waals surface area (Å²) in [5.41, 5.74) is 0. The van der Waals surface area contributed by atoms with Crippen LogP contribution in [0.2, 0.25) is 0 Å². The first-order chi connectivity index (χ1) is 7.24. The summed E-state index contributed by atoms with van der Waals surface area (Å²) < 4.78 is 5.19. The zero-order valence-electron chi connectivity index (χ0n) is 9.25. The highest BCUT2D eigenvalue weighted by atomic mass is 16.3. The molecule has 1 aromatic heterocycles. The molecule has 1 heterocycles. The minimum Gasteiger partial charge on any atom is -0.467 e. The fourth-order valence-electron chi connectivity index (χ4n) is 1.35. The highest BCUT2D eigenvalue weighted by Crippen LogP contribution is 2.12. The van der Waals surface area contributed by atoms with Crippen molar-refractivity contribution in [3.63, 3.8) is 0 Å². The second kappa shape index (κ2) is 6.24. The van der Waals surface area contributed by atoms with Crippen LogP contribution in [-0.4, -0.2) is 19.5 Å². The topological polar surface area (TPSA) is 54.3 Å². The van der Waals surface area contributed by atoms with Gasteiger partial charge in [0, 0.05) is 6.42 Å². The number of furan rings is 1. The zero-order chi connectivity index (χ0) is 11.1. The molecule has 0 aliphatic heterocycles. The van der Waals surface area contributed by atoms with Crippen molar-refractivity contribution in [1.29, 1.82) is 0 Å². The van der Waals surface area contributed by atoms with E-state index in [1.807, 2.05) is 26.1 Å². The molecule has 1 aromatic rings. The van der Waals surface area contributed by atoms with Crippen LogP contribution < -0.4 is 10.6 Å². The van der Waals surface area contributed by atoms with E-state index in [1.165, 1.54) is 0 Å². The molecule has 1 unspecified atom stereocenters. The molecule has 15 heavy (non-hydrogen) atoms. The summed E-state index contributed by atoms with van der Waals surface area (Å²) in [5, 5.41) is 5.89. The van der Waals surface area contributed by atoms with Crippen LogP contribution in [0, 0.1) is 0 Å². The van der Waals surface area contributed by atoms with E-state index >= 15 is 0 Å². The number of amides is 1. The Labute approximate surface area is 90.0 Å². The number of nitrogens with one attached hydrogen (secondary N) is 2. The average Bonchev–Trinajstić information content (AvgIpc) is 2.70. The highest BCUT2D eigenvalue weighted by molar-refractivity contribution is 5.76. The molecule has 84 valence electrons. The fraction of sp³-hybridized carbons (Fsp3) is 0.545. The Morgan fingerprint density at radius 3 is 3.00 bits per heavy atom. The molecule has 1 rings (SSSR count). The van der Waals surface area contributed by atoms with E-state index in [2.05, 4.69) is 10.6 Å². The molecule has 0 radical (unpaired) electrons. The van der Waals surface area contributed by atoms with Crippen LogP contribution in [0.3, 0.4) is 0 Å². The summed E-state index contributed by atoms with van der Waals surface area (Å²) in [5.74, 6) is 0.853. The van der Waals surface area contributed by atoms with Gasteiger partial charge in [0.05, 0.1) is 12.3 Å². The second-order valence-corrected chi connectivity index (χ2v) is 3.51. The summed E-state index contributed by atoms with van der Waals surface area (Å²) in [6, 6.07) is 3.62. The first-order valence-electron chi connectivity index (χ1n) is 5.21. The van der Waals surface area contributed by atoms with Crippen molar-refractivity contribution in [1.82, 2.24) is 10.6 Å². The predicted octanol–water partition coefficient (Wildman–Crippen LogP) is 1.46. The standard InChI is InChI=1S/C11H18N2O2/c1-9(10-5-4-8-15-10)13-11(14)6-3-7-12-2/h4-5,8-9,12H,3,6-7H2,1-2H3,(H,13,14). The van der Waals surface area contributed by atoms with Gasteiger partial charge in [0.2, 0.25) is 5.91 Å². The summed E-state index contributed by atoms with van der Waals surface area (Å²) in [6.45, 7) is 2.78. The molecule has 4 heteroatoms. The van der Waals surface area contributed by atoms with Crippen LogP contribution in [0.15, 0.2) is 22.8 Å². The number of hydrogen-bond donors (Lipinski definition) is 2. The average molecular weight is 210 g/mol. The summed E-state index contributed by atoms with van der Waals surface area (Å²) >= 11 is 0. The van der Waals surface area contributed by atoms with Crippen molar-refractivity contribution in [3.05, 3.63) is 24.2 Å². The van der Waals surface area contributed by atoms with Crippen LogP contribution in [0.1, 0.15) is 31.6 Å². The third-order valence-electron chi connectivity index (χ3n) is 2.18. The Hall–Kier alpha value is -1.29. The molecular weight excluding hydrogens is 192 g/mol. The molecule has 0 saturated heterocycles. The van der Waals surface area contributed by atoms with Crippen molar-refractivity contribution < 1.29 is 9.21 Å². The molecule has 1 amide bonds. The van der Waals surface area contributed by atoms with Crippen molar-refractivity contribution in [2.24, 2.45) is 0 Å². The fourth-order valence-corrected chi connectivity index (χ4v) is 1.35. The number of carbonyl (C=O) groups excluding carboxylic acids is 1. The Balaban J connectivity index is 2.26. The molecule has 0 aliphatic rings. The molecule has 4 nitrogen and oxygen atoms in total. The minimum absolute atomic E-state index is 0.0536. The van der Waals surface area contributed by atoms with E-state index in [9.17, 15) is 4.79 Å². The lowest BCUT2D eigenvalue weighted by Crippen LogP contribution is -2.26. The van der Waals surface area contributed by atoms with Gasteiger partial charge in [-0.1, -0.05) is 0 Å². The summed E-state index contributed by atoms with van der Waals surface area (Å²) in [4.78, 5) is 11.4. The van der Waals surface area contributed by atoms with Gasteiger partial charge < -0.3 is 15.1 Å². The van der Waals surface area contributed by atoms with E-state index in [0.717, 1.165) is 18.7 Å². The summed E-state index contributed by atoms with van der Waals surface area (Å²) in [7, 11) is 1.88. The van der Waals surface area contributed by atoms with Gasteiger partial charge in [0.15, 0.2) is 0 Å². The maximum absolute atomic E-state index is 11.4. The van der Waals surface area contributed by atoms with Gasteiger partial charge >= 0.3 is 0 Å². The van der Waals surface area contributed by atoms with E-state index in [4.69, 9.17) is 4.42 Å². The smallest absolute Gasteiger partial charge is 0.220 e. The first-order valence-corrected chi connectivity index (χ1v) is 5.21. The summed E-state index contributed by atoms with van der Waals surface area (Å²) in [6.07, 6.45) is 3.01. The van der Waals surface area contributed by atoms with E-state index < -0.39 is 0 Å². The second-order valence-electron chi connectivity index (χ2n) is 3.51. The third-order valence-corrected chi connectivity index (χ3v) is 2.18. The molecule has 2 N–H and O–H groups in total. The SMILES string of the molecule is CNCCCC(=O)NC(C)c1ccco1. The van der Waals surface area contributed by atoms with Gasteiger partial charge in [-0.2, -0.15) is 0 Å². The van der Waals surface area contributed by atoms with Crippen LogP contribution in [0.4, 0.5) is 0 Å². The number of carbonyl (C=O) groups is 1. The number of hydrogen-bond acceptors (Lipinski definition) is 3. The molecule has 0 bridgehead atoms. The Morgan fingerprint density at radius 2 is 2.40 bits per heavy atom. The van der Waals surface area contributed by atoms with Gasteiger partial charge in [0.1, 0.15) is 5.76 Å². The molecule has 1 atom stereocenters. The first kappa shape index (κ1) is 11.8. The lowest BCUT2D eigenvalue weighted by molar-refractivity contribution is -0.121. The van der Waals surface area contributed by atoms with Crippen LogP contribution in [0.5, 0.6) is 0 Å². The largest absolute Gasteiger partial charge is 0.467 e. The third kappa shape index (κ3) is 4.16. The monoisotopic (exact) mass is 210 g/mol. The van der Waals surface area contributed by atoms with Crippen LogP contribution in [-0.2, 0) is 4.79 Å². The Bertz CT molecular complexity index is 283. The normalized spacial score (nSPS) is 12.4. The zero-order valence-corrected chi connectivity index (χ0v) is 9.25. The van der Waals surface area contributed by atoms with Crippen molar-refractivity contribution in [2.45, 2.75) is 25.8 Å². The molecule has 0 aliphatic carbocycles. The van der Waals surface area contributed by atoms with Gasteiger partial charge in [-0.15, -0.1) is 0 Å². The quantitative estimate of drug-likeness (QED) is 0.699. The van der Waals surface area contributed by atoms with Crippen molar-refractivity contribution in [2.75, 3.05) is 13.6 Å². The molecule has 0 fully saturated rings. The molecule has 0 spiro atoms. The maximum Gasteiger partial charge on any atom is 0.220 e. The Morgan fingerprint density at radius 1 is 1.60 bits per heavy atom. The van der Waals surface area contributed by atoms with Gasteiger partial charge in [-0.25, -0.2) is 0 Å². The van der Waals surface area contributed by atoms with E-state index in [-0.39, 0.29) is 11.9 Å². The van der Waals surface area contributed by atoms with Gasteiger partial charge in [0.25, 0.3) is 0 Å².